The third-order valence-corrected chi connectivity index (χ3v) is 5.50. The summed E-state index contributed by atoms with van der Waals surface area (Å²) >= 11 is 0. The number of hydrogen-bond acceptors (Lipinski definition) is 1. The molecule has 1 saturated carbocycles. The number of nitrogens with zero attached hydrogens (tertiary/aromatic N) is 1. The number of anilines is 1. The lowest BCUT2D eigenvalue weighted by Crippen LogP contribution is -2.23. The van der Waals surface area contributed by atoms with Crippen LogP contribution in [0.15, 0.2) is 53.5 Å². The molecule has 4 rings (SSSR count). The van der Waals surface area contributed by atoms with Crippen LogP contribution in [0, 0.1) is 11.8 Å². The van der Waals surface area contributed by atoms with Crippen molar-refractivity contribution in [1.29, 1.82) is 0 Å². The number of guanidine groups is 1. The van der Waals surface area contributed by atoms with E-state index in [9.17, 15) is 0 Å². The molecular formula is C21H25N3. The zero-order valence-electron chi connectivity index (χ0n) is 14.4. The third-order valence-electron chi connectivity index (χ3n) is 5.50. The van der Waals surface area contributed by atoms with E-state index in [1.54, 1.807) is 5.56 Å². The minimum absolute atomic E-state index is 0.510. The molecule has 3 atom stereocenters. The summed E-state index contributed by atoms with van der Waals surface area (Å²) in [5.41, 5.74) is 11.5. The molecule has 1 fully saturated rings. The summed E-state index contributed by atoms with van der Waals surface area (Å²) in [5, 5.41) is 3.23. The van der Waals surface area contributed by atoms with Crippen LogP contribution in [0.1, 0.15) is 42.4 Å². The van der Waals surface area contributed by atoms with Gasteiger partial charge < -0.3 is 11.1 Å². The van der Waals surface area contributed by atoms with Crippen LogP contribution in [0.25, 0.3) is 0 Å². The van der Waals surface area contributed by atoms with Crippen LogP contribution in [0.3, 0.4) is 0 Å². The van der Waals surface area contributed by atoms with E-state index in [4.69, 9.17) is 5.73 Å². The number of benzene rings is 2. The summed E-state index contributed by atoms with van der Waals surface area (Å²) in [7, 11) is 0. The smallest absolute Gasteiger partial charge is 0.193 e. The largest absolute Gasteiger partial charge is 0.370 e. The summed E-state index contributed by atoms with van der Waals surface area (Å²) in [6.07, 6.45) is 1.21. The Labute approximate surface area is 144 Å². The molecule has 0 bridgehead atoms. The molecule has 3 N–H and O–H groups in total. The van der Waals surface area contributed by atoms with Gasteiger partial charge in [0.25, 0.3) is 0 Å². The van der Waals surface area contributed by atoms with E-state index in [1.807, 2.05) is 6.07 Å². The molecule has 3 unspecified atom stereocenters. The molecule has 0 amide bonds. The quantitative estimate of drug-likeness (QED) is 0.658. The van der Waals surface area contributed by atoms with Gasteiger partial charge in [0.1, 0.15) is 0 Å². The highest BCUT2D eigenvalue weighted by atomic mass is 15.1. The number of aliphatic imine (C=N–C) groups is 1. The summed E-state index contributed by atoms with van der Waals surface area (Å²) in [6, 6.07) is 17.2. The molecule has 124 valence electrons. The molecule has 0 aromatic heterocycles. The SMILES string of the molecule is CC(C)c1cccc(NC(N)=NCC2C3Cc4ccccc4C23)c1. The molecule has 0 spiro atoms. The second-order valence-corrected chi connectivity index (χ2v) is 7.39. The summed E-state index contributed by atoms with van der Waals surface area (Å²) < 4.78 is 0. The first-order chi connectivity index (χ1) is 11.6. The third kappa shape index (κ3) is 2.79. The van der Waals surface area contributed by atoms with Crippen LogP contribution in [0.4, 0.5) is 5.69 Å². The molecule has 3 heteroatoms. The molecule has 24 heavy (non-hydrogen) atoms. The lowest BCUT2D eigenvalue weighted by Gasteiger charge is -2.10. The topological polar surface area (TPSA) is 50.4 Å². The Bertz CT molecular complexity index is 778. The predicted molar refractivity (Wildman–Crippen MR) is 101 cm³/mol. The van der Waals surface area contributed by atoms with E-state index < -0.39 is 0 Å². The van der Waals surface area contributed by atoms with Crippen LogP contribution in [0.2, 0.25) is 0 Å². The van der Waals surface area contributed by atoms with Gasteiger partial charge in [0.15, 0.2) is 5.96 Å². The maximum atomic E-state index is 6.09. The van der Waals surface area contributed by atoms with Gasteiger partial charge in [0, 0.05) is 12.2 Å². The van der Waals surface area contributed by atoms with E-state index in [2.05, 4.69) is 66.6 Å². The first-order valence-electron chi connectivity index (χ1n) is 8.88. The van der Waals surface area contributed by atoms with Crippen LogP contribution in [-0.4, -0.2) is 12.5 Å². The van der Waals surface area contributed by atoms with Crippen molar-refractivity contribution in [2.45, 2.75) is 32.1 Å². The number of nitrogens with two attached hydrogens (primary N) is 1. The highest BCUT2D eigenvalue weighted by molar-refractivity contribution is 5.92. The van der Waals surface area contributed by atoms with Crippen LogP contribution in [-0.2, 0) is 6.42 Å². The second kappa shape index (κ2) is 5.97. The van der Waals surface area contributed by atoms with Gasteiger partial charge in [0.2, 0.25) is 0 Å². The second-order valence-electron chi connectivity index (χ2n) is 7.39. The van der Waals surface area contributed by atoms with Crippen molar-refractivity contribution in [2.75, 3.05) is 11.9 Å². The zero-order chi connectivity index (χ0) is 16.7. The van der Waals surface area contributed by atoms with Crippen molar-refractivity contribution in [1.82, 2.24) is 0 Å². The average molecular weight is 319 g/mol. The van der Waals surface area contributed by atoms with Gasteiger partial charge in [-0.3, -0.25) is 4.99 Å². The fourth-order valence-corrected chi connectivity index (χ4v) is 4.10. The Kier molecular flexibility index (Phi) is 3.79. The highest BCUT2D eigenvalue weighted by Gasteiger charge is 2.54. The fourth-order valence-electron chi connectivity index (χ4n) is 4.10. The van der Waals surface area contributed by atoms with Crippen molar-refractivity contribution < 1.29 is 0 Å². The van der Waals surface area contributed by atoms with Gasteiger partial charge in [-0.25, -0.2) is 0 Å². The van der Waals surface area contributed by atoms with Gasteiger partial charge in [-0.15, -0.1) is 0 Å². The molecule has 0 saturated heterocycles. The molecule has 0 aliphatic heterocycles. The van der Waals surface area contributed by atoms with Crippen molar-refractivity contribution >= 4 is 11.6 Å². The van der Waals surface area contributed by atoms with Crippen molar-refractivity contribution in [3.8, 4) is 0 Å². The van der Waals surface area contributed by atoms with E-state index in [1.165, 1.54) is 17.5 Å². The molecule has 2 aliphatic rings. The highest BCUT2D eigenvalue weighted by Crippen LogP contribution is 2.61. The predicted octanol–water partition coefficient (Wildman–Crippen LogP) is 4.12. The van der Waals surface area contributed by atoms with Crippen LogP contribution in [0.5, 0.6) is 0 Å². The van der Waals surface area contributed by atoms with Gasteiger partial charge in [-0.05, 0) is 58.9 Å². The molecule has 3 nitrogen and oxygen atoms in total. The van der Waals surface area contributed by atoms with Crippen molar-refractivity contribution in [3.05, 3.63) is 65.2 Å². The summed E-state index contributed by atoms with van der Waals surface area (Å²) in [5.74, 6) is 3.19. The van der Waals surface area contributed by atoms with Gasteiger partial charge in [0.05, 0.1) is 0 Å². The lowest BCUT2D eigenvalue weighted by atomic mass is 10.0. The maximum absolute atomic E-state index is 6.09. The number of nitrogens with one attached hydrogen (secondary N) is 1. The van der Waals surface area contributed by atoms with Gasteiger partial charge in [-0.1, -0.05) is 50.2 Å². The first-order valence-corrected chi connectivity index (χ1v) is 8.88. The zero-order valence-corrected chi connectivity index (χ0v) is 14.4. The molecule has 2 aliphatic carbocycles. The van der Waals surface area contributed by atoms with Crippen molar-refractivity contribution in [2.24, 2.45) is 22.6 Å². The molecule has 2 aromatic rings. The molecular weight excluding hydrogens is 294 g/mol. The summed E-state index contributed by atoms with van der Waals surface area (Å²) in [6.45, 7) is 5.22. The van der Waals surface area contributed by atoms with Crippen LogP contribution >= 0.6 is 0 Å². The summed E-state index contributed by atoms with van der Waals surface area (Å²) in [4.78, 5) is 4.59. The Balaban J connectivity index is 1.37. The lowest BCUT2D eigenvalue weighted by molar-refractivity contribution is 0.701. The average Bonchev–Trinajstić information content (AvgIpc) is 3.11. The Morgan fingerprint density at radius 2 is 2.04 bits per heavy atom. The van der Waals surface area contributed by atoms with Gasteiger partial charge >= 0.3 is 0 Å². The van der Waals surface area contributed by atoms with E-state index in [0.29, 0.717) is 23.7 Å². The minimum Gasteiger partial charge on any atom is -0.370 e. The Morgan fingerprint density at radius 1 is 1.21 bits per heavy atom. The maximum Gasteiger partial charge on any atom is 0.193 e. The standard InChI is InChI=1S/C21H25N3/c1-13(2)14-7-5-8-16(10-14)24-21(22)23-12-19-18-11-15-6-3-4-9-17(15)20(18)19/h3-10,13,18-20H,11-12H2,1-2H3,(H3,22,23,24). The number of rotatable bonds is 4. The molecule has 2 aromatic carbocycles. The van der Waals surface area contributed by atoms with E-state index in [-0.39, 0.29) is 0 Å². The number of hydrogen-bond donors (Lipinski definition) is 2. The molecule has 0 radical (unpaired) electrons. The Hall–Kier alpha value is -2.29. The Morgan fingerprint density at radius 3 is 2.88 bits per heavy atom. The normalized spacial score (nSPS) is 24.6. The van der Waals surface area contributed by atoms with E-state index >= 15 is 0 Å². The number of fused-ring (bicyclic) bond motifs is 3. The molecule has 0 heterocycles. The van der Waals surface area contributed by atoms with Crippen LogP contribution < -0.4 is 11.1 Å². The van der Waals surface area contributed by atoms with E-state index in [0.717, 1.165) is 18.2 Å². The first kappa shape index (κ1) is 15.3. The fraction of sp³-hybridized carbons (Fsp3) is 0.381. The van der Waals surface area contributed by atoms with Gasteiger partial charge in [-0.2, -0.15) is 0 Å². The minimum atomic E-state index is 0.510. The monoisotopic (exact) mass is 319 g/mol. The van der Waals surface area contributed by atoms with Crippen molar-refractivity contribution in [3.63, 3.8) is 0 Å².